The normalized spacial score (nSPS) is 16.4. The maximum absolute atomic E-state index is 12.6. The molecule has 0 atom stereocenters. The van der Waals surface area contributed by atoms with Crippen LogP contribution >= 0.6 is 11.3 Å². The lowest BCUT2D eigenvalue weighted by molar-refractivity contribution is 0.477. The second kappa shape index (κ2) is 8.07. The molecular weight excluding hydrogens is 366 g/mol. The van der Waals surface area contributed by atoms with Crippen molar-refractivity contribution >= 4 is 33.7 Å². The van der Waals surface area contributed by atoms with Gasteiger partial charge in [-0.1, -0.05) is 18.2 Å². The quantitative estimate of drug-likeness (QED) is 0.551. The number of benzene rings is 1. The Labute approximate surface area is 158 Å². The van der Waals surface area contributed by atoms with Gasteiger partial charge in [0.2, 0.25) is 10.0 Å². The summed E-state index contributed by atoms with van der Waals surface area (Å²) in [4.78, 5) is 8.65. The van der Waals surface area contributed by atoms with Crippen molar-refractivity contribution in [3.63, 3.8) is 0 Å². The molecule has 1 aromatic heterocycles. The molecule has 0 spiro atoms. The van der Waals surface area contributed by atoms with Crippen LogP contribution in [0.5, 0.6) is 0 Å². The summed E-state index contributed by atoms with van der Waals surface area (Å²) in [5.41, 5.74) is 2.78. The average Bonchev–Trinajstić information content (AvgIpc) is 3.34. The van der Waals surface area contributed by atoms with Gasteiger partial charge in [-0.3, -0.25) is 4.99 Å². The zero-order chi connectivity index (χ0) is 18.6. The molecule has 1 saturated heterocycles. The predicted octanol–water partition coefficient (Wildman–Crippen LogP) is 4.21. The lowest BCUT2D eigenvalue weighted by atomic mass is 10.2. The minimum absolute atomic E-state index is 0.344. The molecule has 0 amide bonds. The second-order valence-electron chi connectivity index (χ2n) is 6.05. The molecule has 136 valence electrons. The fraction of sp³-hybridized carbons (Fsp3) is 0.263. The molecule has 1 aliphatic rings. The van der Waals surface area contributed by atoms with Gasteiger partial charge >= 0.3 is 0 Å². The molecule has 3 rings (SSSR count). The van der Waals surface area contributed by atoms with Gasteiger partial charge in [-0.2, -0.15) is 4.31 Å². The molecule has 2 aromatic rings. The fourth-order valence-electron chi connectivity index (χ4n) is 2.78. The first-order chi connectivity index (χ1) is 12.5. The summed E-state index contributed by atoms with van der Waals surface area (Å²) in [6, 6.07) is 6.98. The first kappa shape index (κ1) is 18.7. The Morgan fingerprint density at radius 2 is 1.96 bits per heavy atom. The van der Waals surface area contributed by atoms with Crippen molar-refractivity contribution in [1.29, 1.82) is 0 Å². The summed E-state index contributed by atoms with van der Waals surface area (Å²) in [6.07, 6.45) is 7.25. The first-order valence-corrected chi connectivity index (χ1v) is 10.7. The average molecular weight is 388 g/mol. The summed E-state index contributed by atoms with van der Waals surface area (Å²) in [5, 5.41) is 2.90. The molecule has 1 aliphatic heterocycles. The Morgan fingerprint density at radius 3 is 2.62 bits per heavy atom. The zero-order valence-electron chi connectivity index (χ0n) is 14.6. The number of hydrogen-bond acceptors (Lipinski definition) is 5. The van der Waals surface area contributed by atoms with E-state index >= 15 is 0 Å². The van der Waals surface area contributed by atoms with Crippen molar-refractivity contribution in [3.8, 4) is 11.3 Å². The maximum Gasteiger partial charge on any atom is 0.243 e. The lowest BCUT2D eigenvalue weighted by Crippen LogP contribution is -2.27. The van der Waals surface area contributed by atoms with Crippen LogP contribution < -0.4 is 0 Å². The highest BCUT2D eigenvalue weighted by Gasteiger charge is 2.26. The Kier molecular flexibility index (Phi) is 5.80. The lowest BCUT2D eigenvalue weighted by Gasteiger charge is -2.15. The molecule has 0 aliphatic carbocycles. The van der Waals surface area contributed by atoms with Crippen LogP contribution in [0.3, 0.4) is 0 Å². The van der Waals surface area contributed by atoms with Gasteiger partial charge in [0, 0.05) is 30.2 Å². The van der Waals surface area contributed by atoms with E-state index < -0.39 is 10.0 Å². The summed E-state index contributed by atoms with van der Waals surface area (Å²) in [5.74, 6) is 0. The van der Waals surface area contributed by atoms with Crippen LogP contribution in [0.4, 0.5) is 0 Å². The topological polar surface area (TPSA) is 62.6 Å². The number of nitrogens with zero attached hydrogens (tertiary/aromatic N) is 3. The minimum Gasteiger partial charge on any atom is -0.273 e. The molecule has 0 N–H and O–H groups in total. The van der Waals surface area contributed by atoms with E-state index in [0.717, 1.165) is 34.7 Å². The number of sulfonamides is 1. The van der Waals surface area contributed by atoms with Crippen LogP contribution in [0.25, 0.3) is 16.8 Å². The van der Waals surface area contributed by atoms with E-state index in [-0.39, 0.29) is 0 Å². The zero-order valence-corrected chi connectivity index (χ0v) is 16.3. The van der Waals surface area contributed by atoms with Gasteiger partial charge in [-0.15, -0.1) is 11.3 Å². The largest absolute Gasteiger partial charge is 0.273 e. The second-order valence-corrected chi connectivity index (χ2v) is 8.84. The molecule has 7 heteroatoms. The molecule has 1 aromatic carbocycles. The predicted molar refractivity (Wildman–Crippen MR) is 108 cm³/mol. The van der Waals surface area contributed by atoms with Crippen LogP contribution in [-0.2, 0) is 10.0 Å². The van der Waals surface area contributed by atoms with Crippen molar-refractivity contribution in [3.05, 3.63) is 53.0 Å². The Morgan fingerprint density at radius 1 is 1.27 bits per heavy atom. The molecule has 2 heterocycles. The fourth-order valence-corrected chi connectivity index (χ4v) is 5.12. The van der Waals surface area contributed by atoms with Crippen molar-refractivity contribution in [2.75, 3.05) is 13.1 Å². The van der Waals surface area contributed by atoms with Crippen LogP contribution in [0.1, 0.15) is 24.8 Å². The molecule has 0 bridgehead atoms. The van der Waals surface area contributed by atoms with Gasteiger partial charge in [0.05, 0.1) is 10.6 Å². The van der Waals surface area contributed by atoms with Crippen LogP contribution in [-0.4, -0.2) is 37.5 Å². The molecule has 0 radical (unpaired) electrons. The Balaban J connectivity index is 1.80. The van der Waals surface area contributed by atoms with E-state index in [2.05, 4.69) is 16.7 Å². The first-order valence-electron chi connectivity index (χ1n) is 8.38. The van der Waals surface area contributed by atoms with Crippen molar-refractivity contribution in [1.82, 2.24) is 9.29 Å². The third-order valence-corrected chi connectivity index (χ3v) is 7.12. The van der Waals surface area contributed by atoms with Crippen LogP contribution in [0, 0.1) is 0 Å². The molecule has 26 heavy (non-hydrogen) atoms. The van der Waals surface area contributed by atoms with Crippen LogP contribution in [0.2, 0.25) is 0 Å². The number of aromatic nitrogens is 1. The van der Waals surface area contributed by atoms with E-state index in [9.17, 15) is 8.42 Å². The van der Waals surface area contributed by atoms with Crippen molar-refractivity contribution in [2.24, 2.45) is 4.99 Å². The number of hydrogen-bond donors (Lipinski definition) is 0. The maximum atomic E-state index is 12.6. The standard InChI is InChI=1S/C19H21N3O2S2/c1-15(6-5-11-20-2)19-21-18(14-25-19)16-7-9-17(10-8-16)26(23,24)22-12-3-4-13-22/h5-11,14H,2-4,12-13H2,1H3/b11-5-,15-6+. The molecule has 0 unspecified atom stereocenters. The van der Waals surface area contributed by atoms with Crippen molar-refractivity contribution in [2.45, 2.75) is 24.7 Å². The third kappa shape index (κ3) is 4.00. The van der Waals surface area contributed by atoms with E-state index in [4.69, 9.17) is 0 Å². The highest BCUT2D eigenvalue weighted by atomic mass is 32.2. The van der Waals surface area contributed by atoms with E-state index in [0.29, 0.717) is 18.0 Å². The Bertz CT molecular complexity index is 935. The van der Waals surface area contributed by atoms with E-state index in [1.807, 2.05) is 36.6 Å². The third-order valence-electron chi connectivity index (χ3n) is 4.23. The number of aliphatic imine (C=N–C) groups is 1. The van der Waals surface area contributed by atoms with Gasteiger partial charge in [0.15, 0.2) is 0 Å². The summed E-state index contributed by atoms with van der Waals surface area (Å²) < 4.78 is 26.7. The molecular formula is C19H21N3O2S2. The number of thiazole rings is 1. The summed E-state index contributed by atoms with van der Waals surface area (Å²) >= 11 is 1.55. The monoisotopic (exact) mass is 387 g/mol. The molecule has 0 saturated carbocycles. The van der Waals surface area contributed by atoms with E-state index in [1.54, 1.807) is 34.0 Å². The SMILES string of the molecule is C=N/C=C\C=C(/C)c1nc(-c2ccc(S(=O)(=O)N3CCCC3)cc2)cs1. The smallest absolute Gasteiger partial charge is 0.243 e. The summed E-state index contributed by atoms with van der Waals surface area (Å²) in [7, 11) is -3.37. The van der Waals surface area contributed by atoms with Gasteiger partial charge < -0.3 is 0 Å². The van der Waals surface area contributed by atoms with E-state index in [1.165, 1.54) is 0 Å². The van der Waals surface area contributed by atoms with Crippen molar-refractivity contribution < 1.29 is 8.42 Å². The van der Waals surface area contributed by atoms with Gasteiger partial charge in [-0.05, 0) is 50.3 Å². The minimum atomic E-state index is -3.37. The van der Waals surface area contributed by atoms with Gasteiger partial charge in [0.25, 0.3) is 0 Å². The van der Waals surface area contributed by atoms with Gasteiger partial charge in [0.1, 0.15) is 5.01 Å². The summed E-state index contributed by atoms with van der Waals surface area (Å²) in [6.45, 7) is 6.61. The molecule has 5 nitrogen and oxygen atoms in total. The Hall–Kier alpha value is -2.09. The van der Waals surface area contributed by atoms with Crippen LogP contribution in [0.15, 0.2) is 57.9 Å². The number of allylic oxidation sites excluding steroid dienone is 3. The number of rotatable bonds is 6. The highest BCUT2D eigenvalue weighted by Crippen LogP contribution is 2.28. The van der Waals surface area contributed by atoms with Gasteiger partial charge in [-0.25, -0.2) is 13.4 Å². The highest BCUT2D eigenvalue weighted by molar-refractivity contribution is 7.89. The molecule has 1 fully saturated rings.